The average molecular weight is 354 g/mol. The fourth-order valence-electron chi connectivity index (χ4n) is 6.71. The first-order valence-corrected chi connectivity index (χ1v) is 9.67. The Bertz CT molecular complexity index is 791. The molecule has 3 heterocycles. The van der Waals surface area contributed by atoms with Crippen LogP contribution in [0.2, 0.25) is 0 Å². The predicted octanol–water partition coefficient (Wildman–Crippen LogP) is 1.29. The molecular weight excluding hydrogens is 328 g/mol. The van der Waals surface area contributed by atoms with Crippen molar-refractivity contribution in [3.8, 4) is 0 Å². The number of carbonyl (C=O) groups is 1. The van der Waals surface area contributed by atoms with Crippen molar-refractivity contribution in [1.82, 2.24) is 4.90 Å². The van der Waals surface area contributed by atoms with Crippen LogP contribution in [-0.4, -0.2) is 59.4 Å². The molecule has 1 unspecified atom stereocenters. The number of benzene rings is 1. The van der Waals surface area contributed by atoms with Gasteiger partial charge in [0.15, 0.2) is 0 Å². The Hall–Kier alpha value is -1.69. The molecule has 138 valence electrons. The number of aliphatic hydroxyl groups excluding tert-OH is 2. The molecule has 0 radical (unpaired) electrons. The third-order valence-electron chi connectivity index (χ3n) is 7.48. The summed E-state index contributed by atoms with van der Waals surface area (Å²) in [5.74, 6) is 0.310. The maximum Gasteiger partial charge on any atom is 0.224 e. The molecule has 1 saturated carbocycles. The molecule has 0 aromatic heterocycles. The number of rotatable bonds is 2. The molecule has 3 aliphatic heterocycles. The van der Waals surface area contributed by atoms with E-state index >= 15 is 0 Å². The number of anilines is 1. The van der Waals surface area contributed by atoms with Crippen LogP contribution in [0.5, 0.6) is 0 Å². The van der Waals surface area contributed by atoms with E-state index in [0.717, 1.165) is 31.6 Å². The van der Waals surface area contributed by atoms with Gasteiger partial charge in [-0.25, -0.2) is 0 Å². The Labute approximate surface area is 153 Å². The van der Waals surface area contributed by atoms with Gasteiger partial charge in [0.1, 0.15) is 0 Å². The van der Waals surface area contributed by atoms with Gasteiger partial charge in [0.2, 0.25) is 5.91 Å². The lowest BCUT2D eigenvalue weighted by Crippen LogP contribution is -2.65. The quantitative estimate of drug-likeness (QED) is 0.786. The molecule has 5 atom stereocenters. The lowest BCUT2D eigenvalue weighted by Gasteiger charge is -2.56. The largest absolute Gasteiger partial charge is 0.396 e. The average Bonchev–Trinajstić information content (AvgIpc) is 3.17. The highest BCUT2D eigenvalue weighted by Crippen LogP contribution is 2.63. The Morgan fingerprint density at radius 2 is 2.15 bits per heavy atom. The first-order chi connectivity index (χ1) is 12.6. The number of carbonyl (C=O) groups excluding carboxylic acids is 1. The summed E-state index contributed by atoms with van der Waals surface area (Å²) in [5.41, 5.74) is 3.49. The van der Waals surface area contributed by atoms with Crippen LogP contribution in [0.15, 0.2) is 35.9 Å². The number of piperidine rings is 1. The zero-order valence-corrected chi connectivity index (χ0v) is 15.1. The van der Waals surface area contributed by atoms with Gasteiger partial charge in [-0.1, -0.05) is 29.8 Å². The van der Waals surface area contributed by atoms with E-state index in [4.69, 9.17) is 0 Å². The van der Waals surface area contributed by atoms with Crippen LogP contribution in [0.1, 0.15) is 25.3 Å². The normalized spacial score (nSPS) is 39.2. The van der Waals surface area contributed by atoms with Gasteiger partial charge in [-0.15, -0.1) is 0 Å². The van der Waals surface area contributed by atoms with Gasteiger partial charge < -0.3 is 15.1 Å². The monoisotopic (exact) mass is 354 g/mol. The maximum absolute atomic E-state index is 12.7. The molecule has 2 bridgehead atoms. The van der Waals surface area contributed by atoms with E-state index in [1.54, 1.807) is 6.92 Å². The minimum atomic E-state index is -0.0725. The summed E-state index contributed by atoms with van der Waals surface area (Å²) in [6.45, 7) is 3.64. The van der Waals surface area contributed by atoms with Gasteiger partial charge in [0.25, 0.3) is 0 Å². The number of para-hydroxylation sites is 1. The molecule has 1 aromatic carbocycles. The van der Waals surface area contributed by atoms with Crippen LogP contribution in [0.25, 0.3) is 0 Å². The molecule has 1 aliphatic carbocycles. The molecule has 1 aromatic rings. The van der Waals surface area contributed by atoms with Gasteiger partial charge in [0.05, 0.1) is 12.6 Å². The van der Waals surface area contributed by atoms with Crippen molar-refractivity contribution in [2.45, 2.75) is 37.3 Å². The zero-order valence-electron chi connectivity index (χ0n) is 15.1. The smallest absolute Gasteiger partial charge is 0.224 e. The van der Waals surface area contributed by atoms with Crippen LogP contribution in [0.4, 0.5) is 5.69 Å². The molecule has 2 N–H and O–H groups in total. The predicted molar refractivity (Wildman–Crippen MR) is 98.9 cm³/mol. The van der Waals surface area contributed by atoms with E-state index in [-0.39, 0.29) is 42.4 Å². The third kappa shape index (κ3) is 1.83. The van der Waals surface area contributed by atoms with Crippen LogP contribution >= 0.6 is 0 Å². The number of hydrogen-bond acceptors (Lipinski definition) is 4. The Morgan fingerprint density at radius 3 is 2.88 bits per heavy atom. The SMILES string of the molecule is CC(=O)N1c2ccccc2C23CCN4C/C(=C\CO)[C@H](C[C@H]42)[C@@H](CO)[C@H]13. The summed E-state index contributed by atoms with van der Waals surface area (Å²) < 4.78 is 0. The molecular formula is C21H26N2O3. The first-order valence-electron chi connectivity index (χ1n) is 9.67. The van der Waals surface area contributed by atoms with Crippen LogP contribution in [0, 0.1) is 11.8 Å². The van der Waals surface area contributed by atoms with Gasteiger partial charge in [-0.3, -0.25) is 9.69 Å². The minimum Gasteiger partial charge on any atom is -0.396 e. The fourth-order valence-corrected chi connectivity index (χ4v) is 6.71. The summed E-state index contributed by atoms with van der Waals surface area (Å²) in [7, 11) is 0. The fraction of sp³-hybridized carbons (Fsp3) is 0.571. The molecule has 1 spiro atoms. The molecule has 5 rings (SSSR count). The number of aliphatic hydroxyl groups is 2. The van der Waals surface area contributed by atoms with Crippen molar-refractivity contribution >= 4 is 11.6 Å². The second-order valence-electron chi connectivity index (χ2n) is 8.28. The van der Waals surface area contributed by atoms with E-state index in [9.17, 15) is 15.0 Å². The summed E-state index contributed by atoms with van der Waals surface area (Å²) >= 11 is 0. The van der Waals surface area contributed by atoms with Crippen molar-refractivity contribution in [2.24, 2.45) is 11.8 Å². The van der Waals surface area contributed by atoms with E-state index in [1.165, 1.54) is 11.1 Å². The summed E-state index contributed by atoms with van der Waals surface area (Å²) in [5, 5.41) is 19.9. The Balaban J connectivity index is 1.74. The minimum absolute atomic E-state index is 0.00135. The summed E-state index contributed by atoms with van der Waals surface area (Å²) in [6.07, 6.45) is 3.96. The molecule has 5 heteroatoms. The summed E-state index contributed by atoms with van der Waals surface area (Å²) in [4.78, 5) is 17.2. The number of fused-ring (bicyclic) bond motifs is 2. The van der Waals surface area contributed by atoms with Crippen LogP contribution < -0.4 is 4.90 Å². The maximum atomic E-state index is 12.7. The van der Waals surface area contributed by atoms with Crippen molar-refractivity contribution in [1.29, 1.82) is 0 Å². The molecule has 2 saturated heterocycles. The van der Waals surface area contributed by atoms with Crippen molar-refractivity contribution in [2.75, 3.05) is 31.2 Å². The zero-order chi connectivity index (χ0) is 18.1. The van der Waals surface area contributed by atoms with Crippen LogP contribution in [0.3, 0.4) is 0 Å². The highest BCUT2D eigenvalue weighted by Gasteiger charge is 2.67. The van der Waals surface area contributed by atoms with Gasteiger partial charge in [-0.2, -0.15) is 0 Å². The third-order valence-corrected chi connectivity index (χ3v) is 7.48. The number of nitrogens with zero attached hydrogens (tertiary/aromatic N) is 2. The van der Waals surface area contributed by atoms with E-state index < -0.39 is 0 Å². The lowest BCUT2D eigenvalue weighted by molar-refractivity contribution is -0.118. The van der Waals surface area contributed by atoms with E-state index in [2.05, 4.69) is 23.1 Å². The second-order valence-corrected chi connectivity index (χ2v) is 8.28. The standard InChI is InChI=1S/C21H26N2O3/c1-13(26)23-18-5-3-2-4-17(18)21-7-8-22-11-14(6-9-24)15(10-19(21)22)16(12-25)20(21)23/h2-6,15-16,19-20,24-25H,7-12H2,1H3/b14-6+/t15-,16+,19-,20-,21?/m0/s1. The topological polar surface area (TPSA) is 64.0 Å². The molecule has 1 amide bonds. The highest BCUT2D eigenvalue weighted by molar-refractivity contribution is 5.96. The number of hydrogen-bond donors (Lipinski definition) is 2. The van der Waals surface area contributed by atoms with E-state index in [0.29, 0.717) is 6.04 Å². The molecule has 5 nitrogen and oxygen atoms in total. The van der Waals surface area contributed by atoms with Crippen molar-refractivity contribution in [3.05, 3.63) is 41.5 Å². The van der Waals surface area contributed by atoms with Gasteiger partial charge in [0, 0.05) is 43.1 Å². The molecule has 26 heavy (non-hydrogen) atoms. The molecule has 3 fully saturated rings. The molecule has 4 aliphatic rings. The number of amides is 1. The van der Waals surface area contributed by atoms with Crippen molar-refractivity contribution < 1.29 is 15.0 Å². The van der Waals surface area contributed by atoms with Gasteiger partial charge in [-0.05, 0) is 36.9 Å². The lowest BCUT2D eigenvalue weighted by atomic mass is 9.55. The van der Waals surface area contributed by atoms with Gasteiger partial charge >= 0.3 is 0 Å². The Kier molecular flexibility index (Phi) is 3.58. The highest BCUT2D eigenvalue weighted by atomic mass is 16.3. The van der Waals surface area contributed by atoms with Crippen LogP contribution in [-0.2, 0) is 10.2 Å². The van der Waals surface area contributed by atoms with E-state index in [1.807, 2.05) is 17.0 Å². The summed E-state index contributed by atoms with van der Waals surface area (Å²) in [6, 6.07) is 8.75. The Morgan fingerprint density at radius 1 is 1.35 bits per heavy atom. The van der Waals surface area contributed by atoms with Crippen molar-refractivity contribution in [3.63, 3.8) is 0 Å². The second kappa shape index (κ2) is 5.65. The first kappa shape index (κ1) is 16.5.